The summed E-state index contributed by atoms with van der Waals surface area (Å²) in [6.45, 7) is 5.94. The van der Waals surface area contributed by atoms with Crippen LogP contribution in [0.15, 0.2) is 70.5 Å². The average molecular weight is 382 g/mol. The van der Waals surface area contributed by atoms with E-state index in [1.807, 2.05) is 32.0 Å². The lowest BCUT2D eigenvalue weighted by Crippen LogP contribution is -2.04. The maximum Gasteiger partial charge on any atom is 0.206 e. The lowest BCUT2D eigenvalue weighted by atomic mass is 10.1. The second kappa shape index (κ2) is 7.45. The van der Waals surface area contributed by atoms with Crippen LogP contribution in [0.25, 0.3) is 0 Å². The zero-order valence-corrected chi connectivity index (χ0v) is 16.4. The minimum absolute atomic E-state index is 0.0741. The van der Waals surface area contributed by atoms with Gasteiger partial charge >= 0.3 is 0 Å². The predicted molar refractivity (Wildman–Crippen MR) is 105 cm³/mol. The molecule has 0 aromatic heterocycles. The summed E-state index contributed by atoms with van der Waals surface area (Å²) in [7, 11) is -3.66. The van der Waals surface area contributed by atoms with Crippen molar-refractivity contribution in [3.63, 3.8) is 0 Å². The van der Waals surface area contributed by atoms with E-state index in [2.05, 4.69) is 6.07 Å². The topological polar surface area (TPSA) is 63.6 Å². The van der Waals surface area contributed by atoms with E-state index in [9.17, 15) is 13.5 Å². The number of benzene rings is 3. The quantitative estimate of drug-likeness (QED) is 0.693. The van der Waals surface area contributed by atoms with Crippen LogP contribution in [0, 0.1) is 20.8 Å². The van der Waals surface area contributed by atoms with Crippen LogP contribution in [0.4, 0.5) is 0 Å². The zero-order valence-electron chi connectivity index (χ0n) is 15.6. The Balaban J connectivity index is 1.84. The smallest absolute Gasteiger partial charge is 0.206 e. The van der Waals surface area contributed by atoms with E-state index >= 15 is 0 Å². The van der Waals surface area contributed by atoms with Gasteiger partial charge in [-0.3, -0.25) is 0 Å². The molecule has 5 heteroatoms. The van der Waals surface area contributed by atoms with Crippen LogP contribution in [0.3, 0.4) is 0 Å². The highest BCUT2D eigenvalue weighted by Gasteiger charge is 2.19. The van der Waals surface area contributed by atoms with Crippen LogP contribution in [0.2, 0.25) is 0 Å². The summed E-state index contributed by atoms with van der Waals surface area (Å²) >= 11 is 0. The molecule has 0 saturated carbocycles. The molecule has 0 spiro atoms. The third-order valence-corrected chi connectivity index (χ3v) is 6.16. The Morgan fingerprint density at radius 1 is 0.852 bits per heavy atom. The molecule has 0 radical (unpaired) electrons. The highest BCUT2D eigenvalue weighted by molar-refractivity contribution is 7.91. The summed E-state index contributed by atoms with van der Waals surface area (Å²) in [5.41, 5.74) is 3.49. The Kier molecular flexibility index (Phi) is 5.24. The van der Waals surface area contributed by atoms with Crippen LogP contribution in [-0.4, -0.2) is 13.5 Å². The fourth-order valence-corrected chi connectivity index (χ4v) is 4.28. The first-order valence-electron chi connectivity index (χ1n) is 8.61. The van der Waals surface area contributed by atoms with Crippen LogP contribution in [-0.2, 0) is 16.4 Å². The zero-order chi connectivity index (χ0) is 19.6. The summed E-state index contributed by atoms with van der Waals surface area (Å²) in [5, 5.41) is 9.62. The first-order valence-corrected chi connectivity index (χ1v) is 10.1. The number of aryl methyl sites for hydroxylation is 3. The maximum absolute atomic E-state index is 12.9. The maximum atomic E-state index is 12.9. The summed E-state index contributed by atoms with van der Waals surface area (Å²) in [4.78, 5) is 0.360. The minimum Gasteiger partial charge on any atom is -0.508 e. The molecule has 0 unspecified atom stereocenters. The third-order valence-electron chi connectivity index (χ3n) is 4.41. The first-order chi connectivity index (χ1) is 12.8. The molecular weight excluding hydrogens is 360 g/mol. The normalized spacial score (nSPS) is 11.4. The Labute approximate surface area is 160 Å². The van der Waals surface area contributed by atoms with Crippen molar-refractivity contribution in [1.82, 2.24) is 0 Å². The summed E-state index contributed by atoms with van der Waals surface area (Å²) in [5.74, 6) is 0.724. The van der Waals surface area contributed by atoms with Gasteiger partial charge in [0.15, 0.2) is 0 Å². The summed E-state index contributed by atoms with van der Waals surface area (Å²) in [6, 6.07) is 17.2. The Morgan fingerprint density at radius 2 is 1.52 bits per heavy atom. The molecule has 0 fully saturated rings. The number of hydrogen-bond acceptors (Lipinski definition) is 4. The highest BCUT2D eigenvalue weighted by Crippen LogP contribution is 2.29. The van der Waals surface area contributed by atoms with E-state index in [1.54, 1.807) is 25.1 Å². The second-order valence-corrected chi connectivity index (χ2v) is 8.61. The van der Waals surface area contributed by atoms with Crippen molar-refractivity contribution in [2.24, 2.45) is 0 Å². The molecule has 0 saturated heterocycles. The molecule has 27 heavy (non-hydrogen) atoms. The number of phenols is 1. The van der Waals surface area contributed by atoms with Crippen LogP contribution in [0.1, 0.15) is 22.3 Å². The van der Waals surface area contributed by atoms with Gasteiger partial charge in [-0.1, -0.05) is 29.8 Å². The summed E-state index contributed by atoms with van der Waals surface area (Å²) < 4.78 is 31.6. The minimum atomic E-state index is -3.66. The molecule has 3 aromatic rings. The van der Waals surface area contributed by atoms with E-state index in [1.165, 1.54) is 23.8 Å². The van der Waals surface area contributed by atoms with Gasteiger partial charge in [-0.15, -0.1) is 0 Å². The molecule has 140 valence electrons. The van der Waals surface area contributed by atoms with Crippen molar-refractivity contribution in [1.29, 1.82) is 0 Å². The molecule has 0 aliphatic heterocycles. The van der Waals surface area contributed by atoms with Crippen LogP contribution < -0.4 is 4.74 Å². The van der Waals surface area contributed by atoms with Gasteiger partial charge < -0.3 is 9.84 Å². The first kappa shape index (κ1) is 19.0. The number of rotatable bonds is 5. The molecule has 0 amide bonds. The van der Waals surface area contributed by atoms with Crippen molar-refractivity contribution in [2.45, 2.75) is 37.2 Å². The van der Waals surface area contributed by atoms with Gasteiger partial charge in [0, 0.05) is 0 Å². The van der Waals surface area contributed by atoms with E-state index in [-0.39, 0.29) is 15.5 Å². The van der Waals surface area contributed by atoms with E-state index in [0.717, 1.165) is 11.1 Å². The van der Waals surface area contributed by atoms with Gasteiger partial charge in [0.05, 0.1) is 9.79 Å². The van der Waals surface area contributed by atoms with Crippen molar-refractivity contribution >= 4 is 9.84 Å². The Hall–Kier alpha value is -2.79. The SMILES string of the molecule is Cc1cccc(COc2ccc(S(=O)(=O)c3ccc(O)c(C)c3)cc2C)c1. The monoisotopic (exact) mass is 382 g/mol. The van der Waals surface area contributed by atoms with Crippen LogP contribution in [0.5, 0.6) is 11.5 Å². The van der Waals surface area contributed by atoms with Crippen LogP contribution >= 0.6 is 0 Å². The molecule has 0 aliphatic carbocycles. The molecule has 1 N–H and O–H groups in total. The third kappa shape index (κ3) is 4.14. The van der Waals surface area contributed by atoms with Gasteiger partial charge in [0.2, 0.25) is 9.84 Å². The van der Waals surface area contributed by atoms with Gasteiger partial charge in [-0.05, 0) is 73.9 Å². The fourth-order valence-electron chi connectivity index (χ4n) is 2.85. The Morgan fingerprint density at radius 3 is 2.15 bits per heavy atom. The molecule has 0 atom stereocenters. The standard InChI is InChI=1S/C22H22O4S/c1-15-5-4-6-18(11-15)14-26-22-10-8-20(13-17(22)3)27(24,25)19-7-9-21(23)16(2)12-19/h4-13,23H,14H2,1-3H3. The summed E-state index contributed by atoms with van der Waals surface area (Å²) in [6.07, 6.45) is 0. The molecular formula is C22H22O4S. The largest absolute Gasteiger partial charge is 0.508 e. The highest BCUT2D eigenvalue weighted by atomic mass is 32.2. The molecule has 3 rings (SSSR count). The number of ether oxygens (including phenoxy) is 1. The number of sulfone groups is 1. The number of hydrogen-bond donors (Lipinski definition) is 1. The number of aromatic hydroxyl groups is 1. The molecule has 0 heterocycles. The van der Waals surface area contributed by atoms with Crippen molar-refractivity contribution in [3.05, 3.63) is 82.9 Å². The molecule has 4 nitrogen and oxygen atoms in total. The van der Waals surface area contributed by atoms with Crippen molar-refractivity contribution in [2.75, 3.05) is 0 Å². The predicted octanol–water partition coefficient (Wildman–Crippen LogP) is 4.73. The van der Waals surface area contributed by atoms with Gasteiger partial charge in [0.1, 0.15) is 18.1 Å². The van der Waals surface area contributed by atoms with E-state index < -0.39 is 9.84 Å². The fraction of sp³-hybridized carbons (Fsp3) is 0.182. The van der Waals surface area contributed by atoms with E-state index in [0.29, 0.717) is 17.9 Å². The van der Waals surface area contributed by atoms with E-state index in [4.69, 9.17) is 4.74 Å². The average Bonchev–Trinajstić information content (AvgIpc) is 2.63. The lowest BCUT2D eigenvalue weighted by Gasteiger charge is -2.12. The Bertz CT molecular complexity index is 1090. The second-order valence-electron chi connectivity index (χ2n) is 6.66. The molecule has 3 aromatic carbocycles. The van der Waals surface area contributed by atoms with Gasteiger partial charge in [-0.25, -0.2) is 8.42 Å². The molecule has 0 aliphatic rings. The lowest BCUT2D eigenvalue weighted by molar-refractivity contribution is 0.304. The number of phenolic OH excluding ortho intramolecular Hbond substituents is 1. The van der Waals surface area contributed by atoms with Gasteiger partial charge in [0.25, 0.3) is 0 Å². The van der Waals surface area contributed by atoms with Crippen molar-refractivity contribution < 1.29 is 18.3 Å². The van der Waals surface area contributed by atoms with Crippen molar-refractivity contribution in [3.8, 4) is 11.5 Å². The van der Waals surface area contributed by atoms with Gasteiger partial charge in [-0.2, -0.15) is 0 Å². The molecule has 0 bridgehead atoms.